The van der Waals surface area contributed by atoms with Gasteiger partial charge in [0.25, 0.3) is 0 Å². The van der Waals surface area contributed by atoms with Gasteiger partial charge in [-0.05, 0) is 89.0 Å². The Morgan fingerprint density at radius 2 is 0.824 bits per heavy atom. The van der Waals surface area contributed by atoms with Crippen LogP contribution in [0, 0.1) is 0 Å². The lowest BCUT2D eigenvalue weighted by atomic mass is 9.97. The summed E-state index contributed by atoms with van der Waals surface area (Å²) in [5.74, 6) is 0. The third-order valence-electron chi connectivity index (χ3n) is 10.5. The van der Waals surface area contributed by atoms with E-state index in [9.17, 15) is 0 Å². The molecule has 0 N–H and O–H groups in total. The molecule has 0 saturated heterocycles. The molecule has 0 aliphatic rings. The van der Waals surface area contributed by atoms with E-state index in [1.807, 2.05) is 12.1 Å². The summed E-state index contributed by atoms with van der Waals surface area (Å²) in [5, 5.41) is 7.26. The van der Waals surface area contributed by atoms with Crippen LogP contribution in [0.5, 0.6) is 0 Å². The zero-order chi connectivity index (χ0) is 33.5. The highest BCUT2D eigenvalue weighted by atomic mass is 16.3. The molecule has 0 aliphatic carbocycles. The summed E-state index contributed by atoms with van der Waals surface area (Å²) in [6.45, 7) is 0. The molecule has 3 heterocycles. The normalized spacial score (nSPS) is 11.9. The Bertz CT molecular complexity index is 3100. The summed E-state index contributed by atoms with van der Waals surface area (Å²) < 4.78 is 11.1. The van der Waals surface area contributed by atoms with Gasteiger partial charge < -0.3 is 13.6 Å². The van der Waals surface area contributed by atoms with Crippen LogP contribution in [0.3, 0.4) is 0 Å². The number of hydrogen-bond donors (Lipinski definition) is 0. The SMILES string of the molecule is c1cc(-c2cccc(-n3c4ccccc4c4ccccc43)c2)cc(-c2ccc3c(c2)c2ccccc2n3-c2cccc3oc4ccccc4c23)c1. The molecule has 0 aliphatic heterocycles. The van der Waals surface area contributed by atoms with Crippen LogP contribution in [0.25, 0.3) is 99.2 Å². The lowest BCUT2D eigenvalue weighted by Crippen LogP contribution is -1.94. The maximum Gasteiger partial charge on any atom is 0.137 e. The standard InChI is InChI=1S/C48H30N2O/c1-5-20-41-36(16-1)37-17-2-6-21-42(37)49(41)35-15-10-14-33(29-35)31-12-9-13-32(28-31)34-26-27-44-40(30-34)38-18-3-7-22-43(38)50(44)45-23-11-25-47-48(45)39-19-4-8-24-46(39)51-47/h1-30H. The van der Waals surface area contributed by atoms with Crippen LogP contribution in [-0.2, 0) is 0 Å². The number of aromatic nitrogens is 2. The van der Waals surface area contributed by atoms with Gasteiger partial charge in [0.2, 0.25) is 0 Å². The van der Waals surface area contributed by atoms with E-state index in [-0.39, 0.29) is 0 Å². The molecule has 0 saturated carbocycles. The molecular weight excluding hydrogens is 621 g/mol. The van der Waals surface area contributed by atoms with Crippen molar-refractivity contribution in [3.05, 3.63) is 182 Å². The summed E-state index contributed by atoms with van der Waals surface area (Å²) in [5.41, 5.74) is 13.6. The van der Waals surface area contributed by atoms with Gasteiger partial charge in [0.15, 0.2) is 0 Å². The predicted molar refractivity (Wildman–Crippen MR) is 213 cm³/mol. The molecule has 3 aromatic heterocycles. The van der Waals surface area contributed by atoms with Crippen LogP contribution in [0.15, 0.2) is 186 Å². The highest BCUT2D eigenvalue weighted by molar-refractivity contribution is 6.15. The fraction of sp³-hybridized carbons (Fsp3) is 0. The summed E-state index contributed by atoms with van der Waals surface area (Å²) >= 11 is 0. The van der Waals surface area contributed by atoms with Crippen LogP contribution < -0.4 is 0 Å². The number of hydrogen-bond acceptors (Lipinski definition) is 1. The van der Waals surface area contributed by atoms with Gasteiger partial charge in [-0.3, -0.25) is 0 Å². The second-order valence-electron chi connectivity index (χ2n) is 13.3. The zero-order valence-electron chi connectivity index (χ0n) is 27.6. The van der Waals surface area contributed by atoms with Gasteiger partial charge in [0.1, 0.15) is 11.2 Å². The van der Waals surface area contributed by atoms with Gasteiger partial charge in [0, 0.05) is 32.6 Å². The molecule has 0 atom stereocenters. The second kappa shape index (κ2) is 10.8. The molecule has 0 radical (unpaired) electrons. The van der Waals surface area contributed by atoms with Gasteiger partial charge in [-0.15, -0.1) is 0 Å². The molecule has 0 unspecified atom stereocenters. The van der Waals surface area contributed by atoms with E-state index in [0.717, 1.165) is 33.3 Å². The van der Waals surface area contributed by atoms with Crippen LogP contribution >= 0.6 is 0 Å². The van der Waals surface area contributed by atoms with E-state index in [1.54, 1.807) is 0 Å². The monoisotopic (exact) mass is 650 g/mol. The van der Waals surface area contributed by atoms with E-state index in [1.165, 1.54) is 65.9 Å². The van der Waals surface area contributed by atoms with Crippen LogP contribution in [0.1, 0.15) is 0 Å². The molecule has 8 aromatic carbocycles. The molecule has 3 nitrogen and oxygen atoms in total. The van der Waals surface area contributed by atoms with Crippen LogP contribution in [-0.4, -0.2) is 9.13 Å². The Hall–Kier alpha value is -6.84. The molecule has 11 rings (SSSR count). The van der Waals surface area contributed by atoms with E-state index in [4.69, 9.17) is 4.42 Å². The first-order chi connectivity index (χ1) is 25.3. The van der Waals surface area contributed by atoms with E-state index < -0.39 is 0 Å². The van der Waals surface area contributed by atoms with Crippen molar-refractivity contribution in [3.63, 3.8) is 0 Å². The molecule has 11 aromatic rings. The maximum atomic E-state index is 6.29. The average Bonchev–Trinajstić information content (AvgIpc) is 3.86. The lowest BCUT2D eigenvalue weighted by Gasteiger charge is -2.12. The maximum absolute atomic E-state index is 6.29. The largest absolute Gasteiger partial charge is 0.456 e. The van der Waals surface area contributed by atoms with E-state index in [2.05, 4.69) is 179 Å². The van der Waals surface area contributed by atoms with Crippen molar-refractivity contribution in [2.45, 2.75) is 0 Å². The Kier molecular flexibility index (Phi) is 5.96. The minimum atomic E-state index is 0.898. The predicted octanol–water partition coefficient (Wildman–Crippen LogP) is 13.1. The number of fused-ring (bicyclic) bond motifs is 9. The first kappa shape index (κ1) is 28.0. The molecule has 0 bridgehead atoms. The van der Waals surface area contributed by atoms with Crippen LogP contribution in [0.4, 0.5) is 0 Å². The molecule has 238 valence electrons. The number of benzene rings is 8. The minimum absolute atomic E-state index is 0.898. The Labute approximate surface area is 293 Å². The smallest absolute Gasteiger partial charge is 0.137 e. The Balaban J connectivity index is 1.05. The minimum Gasteiger partial charge on any atom is -0.456 e. The number of nitrogens with zero attached hydrogens (tertiary/aromatic N) is 2. The summed E-state index contributed by atoms with van der Waals surface area (Å²) in [6.07, 6.45) is 0. The molecule has 3 heteroatoms. The van der Waals surface area contributed by atoms with Crippen molar-refractivity contribution in [1.82, 2.24) is 9.13 Å². The highest BCUT2D eigenvalue weighted by Gasteiger charge is 2.18. The second-order valence-corrected chi connectivity index (χ2v) is 13.3. The number of rotatable bonds is 4. The molecular formula is C48H30N2O. The average molecular weight is 651 g/mol. The fourth-order valence-electron chi connectivity index (χ4n) is 8.26. The molecule has 51 heavy (non-hydrogen) atoms. The van der Waals surface area contributed by atoms with Crippen LogP contribution in [0.2, 0.25) is 0 Å². The summed E-state index contributed by atoms with van der Waals surface area (Å²) in [7, 11) is 0. The van der Waals surface area contributed by atoms with Gasteiger partial charge in [-0.25, -0.2) is 0 Å². The third-order valence-corrected chi connectivity index (χ3v) is 10.5. The molecule has 0 spiro atoms. The molecule has 0 fully saturated rings. The quantitative estimate of drug-likeness (QED) is 0.186. The number of furan rings is 1. The van der Waals surface area contributed by atoms with Gasteiger partial charge in [-0.1, -0.05) is 115 Å². The Morgan fingerprint density at radius 3 is 1.55 bits per heavy atom. The van der Waals surface area contributed by atoms with Crippen molar-refractivity contribution in [3.8, 4) is 33.6 Å². The van der Waals surface area contributed by atoms with E-state index >= 15 is 0 Å². The van der Waals surface area contributed by atoms with Crippen molar-refractivity contribution < 1.29 is 4.42 Å². The van der Waals surface area contributed by atoms with Crippen molar-refractivity contribution in [2.24, 2.45) is 0 Å². The fourth-order valence-corrected chi connectivity index (χ4v) is 8.26. The van der Waals surface area contributed by atoms with Gasteiger partial charge >= 0.3 is 0 Å². The topological polar surface area (TPSA) is 23.0 Å². The first-order valence-electron chi connectivity index (χ1n) is 17.4. The zero-order valence-corrected chi connectivity index (χ0v) is 27.6. The lowest BCUT2D eigenvalue weighted by molar-refractivity contribution is 0.669. The van der Waals surface area contributed by atoms with Gasteiger partial charge in [-0.2, -0.15) is 0 Å². The van der Waals surface area contributed by atoms with E-state index in [0.29, 0.717) is 0 Å². The highest BCUT2D eigenvalue weighted by Crippen LogP contribution is 2.40. The van der Waals surface area contributed by atoms with Crippen molar-refractivity contribution >= 4 is 65.6 Å². The summed E-state index contributed by atoms with van der Waals surface area (Å²) in [4.78, 5) is 0. The van der Waals surface area contributed by atoms with Gasteiger partial charge in [0.05, 0.1) is 33.1 Å². The molecule has 0 amide bonds. The first-order valence-corrected chi connectivity index (χ1v) is 17.4. The third kappa shape index (κ3) is 4.19. The number of para-hydroxylation sites is 4. The summed E-state index contributed by atoms with van der Waals surface area (Å²) in [6, 6.07) is 65.5. The Morgan fingerprint density at radius 1 is 0.314 bits per heavy atom. The van der Waals surface area contributed by atoms with Crippen molar-refractivity contribution in [2.75, 3.05) is 0 Å². The van der Waals surface area contributed by atoms with Crippen molar-refractivity contribution in [1.29, 1.82) is 0 Å².